The van der Waals surface area contributed by atoms with Gasteiger partial charge in [0.25, 0.3) is 0 Å². The Kier molecular flexibility index (Phi) is 8.64. The molecule has 0 unspecified atom stereocenters. The van der Waals surface area contributed by atoms with E-state index in [-0.39, 0.29) is 5.82 Å². The van der Waals surface area contributed by atoms with Crippen LogP contribution in [0.2, 0.25) is 0 Å². The zero-order valence-corrected chi connectivity index (χ0v) is 11.6. The third-order valence-corrected chi connectivity index (χ3v) is 2.62. The molecule has 0 atom stereocenters. The Bertz CT molecular complexity index is 472. The molecule has 118 valence electrons. The van der Waals surface area contributed by atoms with E-state index >= 15 is 0 Å². The summed E-state index contributed by atoms with van der Waals surface area (Å²) in [6.07, 6.45) is -3.42. The Balaban J connectivity index is 0.000000486. The fraction of sp³-hybridized carbons (Fsp3) is 0.308. The predicted octanol–water partition coefficient (Wildman–Crippen LogP) is 3.47. The summed E-state index contributed by atoms with van der Waals surface area (Å²) in [5.41, 5.74) is 9.08. The lowest BCUT2D eigenvalue weighted by Gasteiger charge is -2.03. The molecule has 0 saturated heterocycles. The molecule has 0 saturated carbocycles. The van der Waals surface area contributed by atoms with Gasteiger partial charge in [-0.1, -0.05) is 23.7 Å². The van der Waals surface area contributed by atoms with E-state index in [1.807, 2.05) is 0 Å². The Labute approximate surface area is 124 Å². The molecule has 0 fully saturated rings. The number of nitrogens with two attached hydrogens (primary N) is 1. The molecule has 3 nitrogen and oxygen atoms in total. The fourth-order valence-corrected chi connectivity index (χ4v) is 1.36. The van der Waals surface area contributed by atoms with Crippen LogP contribution in [-0.4, -0.2) is 23.8 Å². The van der Waals surface area contributed by atoms with Gasteiger partial charge >= 0.3 is 12.1 Å². The number of carboxylic acid groups (broad SMARTS) is 1. The molecule has 8 heteroatoms. The molecule has 0 aliphatic rings. The van der Waals surface area contributed by atoms with Crippen LogP contribution in [0.25, 0.3) is 0 Å². The lowest BCUT2D eigenvalue weighted by Crippen LogP contribution is -2.21. The Morgan fingerprint density at radius 1 is 1.29 bits per heavy atom. The molecule has 0 heterocycles. The van der Waals surface area contributed by atoms with Crippen LogP contribution < -0.4 is 5.73 Å². The van der Waals surface area contributed by atoms with Gasteiger partial charge in [-0.15, -0.1) is 0 Å². The lowest BCUT2D eigenvalue weighted by atomic mass is 10.1. The zero-order valence-electron chi connectivity index (χ0n) is 10.8. The number of halogens is 5. The Hall–Kier alpha value is -1.60. The smallest absolute Gasteiger partial charge is 0.475 e. The van der Waals surface area contributed by atoms with Crippen molar-refractivity contribution >= 4 is 17.6 Å². The molecule has 0 aliphatic carbocycles. The molecule has 3 N–H and O–H groups in total. The van der Waals surface area contributed by atoms with Gasteiger partial charge in [0.15, 0.2) is 0 Å². The molecule has 0 amide bonds. The minimum Gasteiger partial charge on any atom is -0.475 e. The van der Waals surface area contributed by atoms with Gasteiger partial charge in [0.05, 0.1) is 0 Å². The van der Waals surface area contributed by atoms with Gasteiger partial charge in [0.2, 0.25) is 0 Å². The van der Waals surface area contributed by atoms with Crippen molar-refractivity contribution in [1.29, 1.82) is 0 Å². The molecule has 0 bridgehead atoms. The number of aryl methyl sites for hydroxylation is 1. The van der Waals surface area contributed by atoms with E-state index in [1.165, 1.54) is 17.7 Å². The van der Waals surface area contributed by atoms with Crippen LogP contribution in [0, 0.1) is 5.82 Å². The first-order valence-electron chi connectivity index (χ1n) is 5.73. The lowest BCUT2D eigenvalue weighted by molar-refractivity contribution is -0.192. The summed E-state index contributed by atoms with van der Waals surface area (Å²) >= 11 is 5.56. The summed E-state index contributed by atoms with van der Waals surface area (Å²) < 4.78 is 44.3. The molecular weight excluding hydrogens is 314 g/mol. The van der Waals surface area contributed by atoms with Crippen LogP contribution in [0.5, 0.6) is 0 Å². The molecule has 0 spiro atoms. The van der Waals surface area contributed by atoms with Crippen molar-refractivity contribution in [3.05, 3.63) is 46.8 Å². The molecule has 21 heavy (non-hydrogen) atoms. The van der Waals surface area contributed by atoms with Gasteiger partial charge in [-0.2, -0.15) is 13.2 Å². The standard InChI is InChI=1S/C11H13ClFN.C2HF3O2/c12-7-10(8-14)2-1-9-3-5-11(13)6-4-9;3-2(4,5)1(6)7/h3-7H,1-2,8,14H2;(H,6,7)/b10-7+;. The number of alkyl halides is 3. The van der Waals surface area contributed by atoms with E-state index in [4.69, 9.17) is 27.2 Å². The SMILES string of the molecule is NC/C(=C/Cl)CCc1ccc(F)cc1.O=C(O)C(F)(F)F. The van der Waals surface area contributed by atoms with Gasteiger partial charge in [0.1, 0.15) is 5.82 Å². The zero-order chi connectivity index (χ0) is 16.5. The van der Waals surface area contributed by atoms with E-state index in [2.05, 4.69) is 0 Å². The number of carbonyl (C=O) groups is 1. The molecule has 0 aliphatic heterocycles. The molecule has 1 aromatic carbocycles. The predicted molar refractivity (Wildman–Crippen MR) is 71.4 cm³/mol. The van der Waals surface area contributed by atoms with Gasteiger partial charge in [-0.05, 0) is 36.1 Å². The minimum atomic E-state index is -5.08. The van der Waals surface area contributed by atoms with Crippen molar-refractivity contribution in [3.8, 4) is 0 Å². The second-order valence-electron chi connectivity index (χ2n) is 3.90. The highest BCUT2D eigenvalue weighted by atomic mass is 35.5. The topological polar surface area (TPSA) is 63.3 Å². The first-order valence-corrected chi connectivity index (χ1v) is 6.17. The maximum absolute atomic E-state index is 12.6. The number of rotatable bonds is 4. The van der Waals surface area contributed by atoms with Crippen LogP contribution in [0.3, 0.4) is 0 Å². The number of aliphatic carboxylic acids is 1. The summed E-state index contributed by atoms with van der Waals surface area (Å²) in [7, 11) is 0. The second kappa shape index (κ2) is 9.36. The first-order chi connectivity index (χ1) is 9.70. The van der Waals surface area contributed by atoms with E-state index < -0.39 is 12.1 Å². The van der Waals surface area contributed by atoms with Crippen LogP contribution >= 0.6 is 11.6 Å². The maximum atomic E-state index is 12.6. The van der Waals surface area contributed by atoms with Crippen LogP contribution in [0.4, 0.5) is 17.6 Å². The van der Waals surface area contributed by atoms with Crippen LogP contribution in [0.1, 0.15) is 12.0 Å². The Morgan fingerprint density at radius 3 is 2.10 bits per heavy atom. The van der Waals surface area contributed by atoms with Gasteiger partial charge in [-0.25, -0.2) is 9.18 Å². The average Bonchev–Trinajstić information content (AvgIpc) is 2.41. The average molecular weight is 328 g/mol. The van der Waals surface area contributed by atoms with E-state index in [9.17, 15) is 17.6 Å². The first kappa shape index (κ1) is 19.4. The molecule has 0 radical (unpaired) electrons. The van der Waals surface area contributed by atoms with E-state index in [0.717, 1.165) is 24.0 Å². The van der Waals surface area contributed by atoms with Crippen LogP contribution in [-0.2, 0) is 11.2 Å². The van der Waals surface area contributed by atoms with Crippen molar-refractivity contribution in [2.24, 2.45) is 5.73 Å². The number of hydrogen-bond donors (Lipinski definition) is 2. The van der Waals surface area contributed by atoms with Crippen LogP contribution in [0.15, 0.2) is 35.4 Å². The largest absolute Gasteiger partial charge is 0.490 e. The van der Waals surface area contributed by atoms with Gasteiger partial charge in [-0.3, -0.25) is 0 Å². The summed E-state index contributed by atoms with van der Waals surface area (Å²) in [5, 5.41) is 7.12. The van der Waals surface area contributed by atoms with E-state index in [1.54, 1.807) is 12.1 Å². The highest BCUT2D eigenvalue weighted by Crippen LogP contribution is 2.13. The van der Waals surface area contributed by atoms with Crippen molar-refractivity contribution in [3.63, 3.8) is 0 Å². The number of hydrogen-bond acceptors (Lipinski definition) is 2. The fourth-order valence-electron chi connectivity index (χ4n) is 1.16. The molecule has 1 rings (SSSR count). The summed E-state index contributed by atoms with van der Waals surface area (Å²) in [5.74, 6) is -2.96. The quantitative estimate of drug-likeness (QED) is 0.832. The van der Waals surface area contributed by atoms with Gasteiger partial charge < -0.3 is 10.8 Å². The summed E-state index contributed by atoms with van der Waals surface area (Å²) in [6.45, 7) is 0.477. The summed E-state index contributed by atoms with van der Waals surface area (Å²) in [4.78, 5) is 8.90. The van der Waals surface area contributed by atoms with Crippen molar-refractivity contribution in [2.75, 3.05) is 6.54 Å². The van der Waals surface area contributed by atoms with Crippen molar-refractivity contribution in [2.45, 2.75) is 19.0 Å². The van der Waals surface area contributed by atoms with Gasteiger partial charge in [0, 0.05) is 12.1 Å². The maximum Gasteiger partial charge on any atom is 0.490 e. The second-order valence-corrected chi connectivity index (χ2v) is 4.12. The monoisotopic (exact) mass is 327 g/mol. The Morgan fingerprint density at radius 2 is 1.76 bits per heavy atom. The van der Waals surface area contributed by atoms with Crippen molar-refractivity contribution < 1.29 is 27.5 Å². The molecule has 1 aromatic rings. The minimum absolute atomic E-state index is 0.208. The van der Waals surface area contributed by atoms with Crippen molar-refractivity contribution in [1.82, 2.24) is 0 Å². The van der Waals surface area contributed by atoms with E-state index in [0.29, 0.717) is 6.54 Å². The number of benzene rings is 1. The number of carboxylic acids is 1. The highest BCUT2D eigenvalue weighted by Gasteiger charge is 2.38. The summed E-state index contributed by atoms with van der Waals surface area (Å²) in [6, 6.07) is 6.47. The highest BCUT2D eigenvalue weighted by molar-refractivity contribution is 6.25. The third kappa shape index (κ3) is 9.04. The molecular formula is C13H14ClF4NO2. The normalized spacial score (nSPS) is 11.6. The third-order valence-electron chi connectivity index (χ3n) is 2.31. The molecule has 0 aromatic heterocycles.